The van der Waals surface area contributed by atoms with E-state index < -0.39 is 0 Å². The molecule has 3 rings (SSSR count). The fourth-order valence-corrected chi connectivity index (χ4v) is 4.27. The van der Waals surface area contributed by atoms with Gasteiger partial charge in [0.05, 0.1) is 0 Å². The van der Waals surface area contributed by atoms with Crippen LogP contribution in [0, 0.1) is 17.8 Å². The molecule has 1 heterocycles. The summed E-state index contributed by atoms with van der Waals surface area (Å²) in [5, 5.41) is 6.62. The Labute approximate surface area is 122 Å². The third kappa shape index (κ3) is 3.85. The number of rotatable bonds is 5. The van der Waals surface area contributed by atoms with Crippen molar-refractivity contribution in [3.63, 3.8) is 0 Å². The van der Waals surface area contributed by atoms with Crippen molar-refractivity contribution in [3.05, 3.63) is 0 Å². The largest absolute Gasteiger partial charge is 0.356 e. The maximum absolute atomic E-state index is 11.8. The predicted molar refractivity (Wildman–Crippen MR) is 79.5 cm³/mol. The van der Waals surface area contributed by atoms with Gasteiger partial charge in [0.2, 0.25) is 5.91 Å². The molecule has 0 aromatic heterocycles. The molecular formula is C15H27ClN2O. The molecule has 0 aromatic rings. The molecule has 3 fully saturated rings. The molecule has 19 heavy (non-hydrogen) atoms. The third-order valence-corrected chi connectivity index (χ3v) is 5.33. The number of hydrogen-bond donors (Lipinski definition) is 2. The molecule has 4 unspecified atom stereocenters. The van der Waals surface area contributed by atoms with E-state index in [0.717, 1.165) is 37.3 Å². The van der Waals surface area contributed by atoms with Crippen LogP contribution in [0.3, 0.4) is 0 Å². The normalized spacial score (nSPS) is 36.2. The van der Waals surface area contributed by atoms with Crippen LogP contribution in [0.25, 0.3) is 0 Å². The lowest BCUT2D eigenvalue weighted by Crippen LogP contribution is -2.32. The van der Waals surface area contributed by atoms with Crippen LogP contribution in [0.2, 0.25) is 0 Å². The molecule has 1 aliphatic heterocycles. The molecule has 2 aliphatic carbocycles. The van der Waals surface area contributed by atoms with Crippen LogP contribution in [0.1, 0.15) is 51.4 Å². The van der Waals surface area contributed by atoms with E-state index in [0.29, 0.717) is 12.5 Å². The van der Waals surface area contributed by atoms with E-state index in [1.165, 1.54) is 38.5 Å². The fourth-order valence-electron chi connectivity index (χ4n) is 4.27. The Balaban J connectivity index is 0.00000133. The number of nitrogens with one attached hydrogen (secondary N) is 2. The summed E-state index contributed by atoms with van der Waals surface area (Å²) >= 11 is 0. The van der Waals surface area contributed by atoms with Gasteiger partial charge in [-0.25, -0.2) is 0 Å². The van der Waals surface area contributed by atoms with Crippen molar-refractivity contribution < 1.29 is 4.79 Å². The number of hydrogen-bond acceptors (Lipinski definition) is 2. The Morgan fingerprint density at radius 1 is 1.21 bits per heavy atom. The summed E-state index contributed by atoms with van der Waals surface area (Å²) in [6.07, 6.45) is 9.92. The smallest absolute Gasteiger partial charge is 0.220 e. The summed E-state index contributed by atoms with van der Waals surface area (Å²) < 4.78 is 0. The number of carbonyl (C=O) groups excluding carboxylic acids is 1. The predicted octanol–water partition coefficient (Wildman–Crippen LogP) is 2.49. The maximum atomic E-state index is 11.8. The standard InChI is InChI=1S/C15H26N2O.ClH/c18-15(6-5-14-2-1-7-16-14)17-10-13-9-11-3-4-12(13)8-11;/h11-14,16H,1-10H2,(H,17,18);1H. The molecule has 0 radical (unpaired) electrons. The van der Waals surface area contributed by atoms with Gasteiger partial charge in [-0.3, -0.25) is 4.79 Å². The second kappa shape index (κ2) is 6.94. The van der Waals surface area contributed by atoms with Crippen LogP contribution in [-0.4, -0.2) is 25.0 Å². The van der Waals surface area contributed by atoms with E-state index in [-0.39, 0.29) is 18.3 Å². The van der Waals surface area contributed by atoms with E-state index >= 15 is 0 Å². The van der Waals surface area contributed by atoms with Gasteiger partial charge in [-0.1, -0.05) is 6.42 Å². The number of carbonyl (C=O) groups is 1. The first kappa shape index (κ1) is 15.1. The topological polar surface area (TPSA) is 41.1 Å². The van der Waals surface area contributed by atoms with Crippen LogP contribution in [0.15, 0.2) is 0 Å². The third-order valence-electron chi connectivity index (χ3n) is 5.33. The first-order valence-corrected chi connectivity index (χ1v) is 7.81. The Bertz CT molecular complexity index is 305. The Hall–Kier alpha value is -0.280. The minimum absolute atomic E-state index is 0. The summed E-state index contributed by atoms with van der Waals surface area (Å²) in [6, 6.07) is 0.596. The first-order chi connectivity index (χ1) is 8.81. The summed E-state index contributed by atoms with van der Waals surface area (Å²) in [7, 11) is 0. The molecule has 1 saturated heterocycles. The highest BCUT2D eigenvalue weighted by Crippen LogP contribution is 2.47. The zero-order chi connectivity index (χ0) is 12.4. The first-order valence-electron chi connectivity index (χ1n) is 7.81. The molecule has 0 aromatic carbocycles. The van der Waals surface area contributed by atoms with Gasteiger partial charge in [-0.2, -0.15) is 0 Å². The van der Waals surface area contributed by atoms with Crippen LogP contribution in [0.5, 0.6) is 0 Å². The minimum Gasteiger partial charge on any atom is -0.356 e. The summed E-state index contributed by atoms with van der Waals surface area (Å²) in [4.78, 5) is 11.8. The van der Waals surface area contributed by atoms with Gasteiger partial charge in [0.25, 0.3) is 0 Å². The van der Waals surface area contributed by atoms with Gasteiger partial charge in [0.1, 0.15) is 0 Å². The van der Waals surface area contributed by atoms with Crippen molar-refractivity contribution in [1.29, 1.82) is 0 Å². The summed E-state index contributed by atoms with van der Waals surface area (Å²) in [6.45, 7) is 2.08. The minimum atomic E-state index is 0. The number of halogens is 1. The molecule has 0 spiro atoms. The average Bonchev–Trinajstić information content (AvgIpc) is 3.09. The molecule has 2 N–H and O–H groups in total. The highest BCUT2D eigenvalue weighted by atomic mass is 35.5. The molecule has 2 saturated carbocycles. The molecular weight excluding hydrogens is 260 g/mol. The lowest BCUT2D eigenvalue weighted by atomic mass is 9.89. The van der Waals surface area contributed by atoms with E-state index in [1.807, 2.05) is 0 Å². The summed E-state index contributed by atoms with van der Waals surface area (Å²) in [5.41, 5.74) is 0. The van der Waals surface area contributed by atoms with Crippen molar-refractivity contribution in [3.8, 4) is 0 Å². The van der Waals surface area contributed by atoms with Crippen molar-refractivity contribution in [2.45, 2.75) is 57.4 Å². The van der Waals surface area contributed by atoms with E-state index in [1.54, 1.807) is 0 Å². The lowest BCUT2D eigenvalue weighted by molar-refractivity contribution is -0.121. The highest BCUT2D eigenvalue weighted by molar-refractivity contribution is 5.85. The molecule has 3 aliphatic rings. The molecule has 2 bridgehead atoms. The van der Waals surface area contributed by atoms with Crippen LogP contribution in [-0.2, 0) is 4.79 Å². The molecule has 110 valence electrons. The van der Waals surface area contributed by atoms with Crippen molar-refractivity contribution in [2.75, 3.05) is 13.1 Å². The number of fused-ring (bicyclic) bond motifs is 2. The molecule has 4 atom stereocenters. The quantitative estimate of drug-likeness (QED) is 0.815. The van der Waals surface area contributed by atoms with E-state index in [4.69, 9.17) is 0 Å². The highest BCUT2D eigenvalue weighted by Gasteiger charge is 2.39. The monoisotopic (exact) mass is 286 g/mol. The van der Waals surface area contributed by atoms with Gasteiger partial charge in [-0.05, 0) is 62.8 Å². The van der Waals surface area contributed by atoms with Gasteiger partial charge < -0.3 is 10.6 Å². The van der Waals surface area contributed by atoms with Crippen molar-refractivity contribution in [2.24, 2.45) is 17.8 Å². The van der Waals surface area contributed by atoms with E-state index in [9.17, 15) is 4.79 Å². The van der Waals surface area contributed by atoms with Crippen LogP contribution < -0.4 is 10.6 Å². The Morgan fingerprint density at radius 2 is 2.11 bits per heavy atom. The summed E-state index contributed by atoms with van der Waals surface area (Å²) in [5.74, 6) is 2.97. The maximum Gasteiger partial charge on any atom is 0.220 e. The second-order valence-corrected chi connectivity index (χ2v) is 6.57. The number of amides is 1. The van der Waals surface area contributed by atoms with Crippen molar-refractivity contribution in [1.82, 2.24) is 10.6 Å². The van der Waals surface area contributed by atoms with Gasteiger partial charge in [0.15, 0.2) is 0 Å². The van der Waals surface area contributed by atoms with Gasteiger partial charge >= 0.3 is 0 Å². The molecule has 3 nitrogen and oxygen atoms in total. The van der Waals surface area contributed by atoms with Gasteiger partial charge in [0, 0.05) is 19.0 Å². The fraction of sp³-hybridized carbons (Fsp3) is 0.933. The SMILES string of the molecule is Cl.O=C(CCC1CCCN1)NCC1CC2CCC1C2. The second-order valence-electron chi connectivity index (χ2n) is 6.57. The van der Waals surface area contributed by atoms with E-state index in [2.05, 4.69) is 10.6 Å². The Kier molecular flexibility index (Phi) is 5.52. The Morgan fingerprint density at radius 3 is 2.74 bits per heavy atom. The zero-order valence-electron chi connectivity index (χ0n) is 11.7. The van der Waals surface area contributed by atoms with Crippen LogP contribution >= 0.6 is 12.4 Å². The molecule has 1 amide bonds. The lowest BCUT2D eigenvalue weighted by Gasteiger charge is -2.22. The zero-order valence-corrected chi connectivity index (χ0v) is 12.5. The molecule has 4 heteroatoms. The van der Waals surface area contributed by atoms with Crippen molar-refractivity contribution >= 4 is 18.3 Å². The average molecular weight is 287 g/mol. The van der Waals surface area contributed by atoms with Crippen LogP contribution in [0.4, 0.5) is 0 Å². The van der Waals surface area contributed by atoms with Gasteiger partial charge in [-0.15, -0.1) is 12.4 Å².